The summed E-state index contributed by atoms with van der Waals surface area (Å²) in [5.41, 5.74) is 1.94. The summed E-state index contributed by atoms with van der Waals surface area (Å²) in [4.78, 5) is 4.50. The zero-order valence-electron chi connectivity index (χ0n) is 31.4. The Morgan fingerprint density at radius 3 is 2.45 bits per heavy atom. The van der Waals surface area contributed by atoms with Crippen molar-refractivity contribution in [1.29, 1.82) is 5.26 Å². The number of nitriles is 1. The first-order valence-corrected chi connectivity index (χ1v) is 12.9. The molecule has 4 aromatic carbocycles. The van der Waals surface area contributed by atoms with Crippen molar-refractivity contribution in [3.63, 3.8) is 0 Å². The Morgan fingerprint density at radius 1 is 0.875 bits per heavy atom. The van der Waals surface area contributed by atoms with Gasteiger partial charge >= 0.3 is 0 Å². The predicted molar refractivity (Wildman–Crippen MR) is 165 cm³/mol. The van der Waals surface area contributed by atoms with E-state index in [-0.39, 0.29) is 39.6 Å². The molecule has 0 saturated heterocycles. The van der Waals surface area contributed by atoms with Gasteiger partial charge in [0.2, 0.25) is 0 Å². The number of furan rings is 1. The minimum Gasteiger partial charge on any atom is -0.455 e. The fourth-order valence-corrected chi connectivity index (χ4v) is 5.08. The van der Waals surface area contributed by atoms with Crippen LogP contribution in [0.2, 0.25) is 0 Å². The lowest BCUT2D eigenvalue weighted by Crippen LogP contribution is -2.09. The molecule has 40 heavy (non-hydrogen) atoms. The van der Waals surface area contributed by atoms with E-state index in [2.05, 4.69) is 11.1 Å². The van der Waals surface area contributed by atoms with Gasteiger partial charge in [0.1, 0.15) is 11.2 Å². The molecule has 0 spiro atoms. The van der Waals surface area contributed by atoms with Crippen molar-refractivity contribution >= 4 is 21.9 Å². The van der Waals surface area contributed by atoms with E-state index in [1.807, 2.05) is 48.5 Å². The number of para-hydroxylation sites is 1. The van der Waals surface area contributed by atoms with Crippen molar-refractivity contribution < 1.29 is 16.8 Å². The Labute approximate surface area is 248 Å². The lowest BCUT2D eigenvalue weighted by Gasteiger charge is -2.19. The molecule has 2 aromatic heterocycles. The van der Waals surface area contributed by atoms with Gasteiger partial charge in [0.15, 0.2) is 0 Å². The maximum Gasteiger partial charge on any atom is 0.146 e. The molecule has 3 nitrogen and oxygen atoms in total. The molecule has 0 N–H and O–H groups in total. The number of benzene rings is 4. The average molecular weight is 530 g/mol. The first kappa shape index (κ1) is 17.1. The number of rotatable bonds is 4. The SMILES string of the molecule is [2H]c1cc(C([2H])([2H])C(C)(C)C)cc(C([2H])([2H])[2H])c1-c1cc(-c2ccc(C#N)c3c2oc2c(-c4ccccc4)cccc23)ncc1C([2H])([2H])[2H]. The number of aryl methyl sites for hydroxylation is 2. The third kappa shape index (κ3) is 4.56. The Balaban J connectivity index is 1.67. The van der Waals surface area contributed by atoms with Crippen LogP contribution in [0.4, 0.5) is 0 Å². The minimum atomic E-state index is -2.82. The highest BCUT2D eigenvalue weighted by Gasteiger charge is 2.20. The Morgan fingerprint density at radius 2 is 1.70 bits per heavy atom. The molecule has 0 bridgehead atoms. The monoisotopic (exact) mass is 529 g/mol. The lowest BCUT2D eigenvalue weighted by atomic mass is 9.86. The summed E-state index contributed by atoms with van der Waals surface area (Å²) in [5.74, 6) is 0. The van der Waals surface area contributed by atoms with Crippen LogP contribution >= 0.6 is 0 Å². The molecule has 0 atom stereocenters. The van der Waals surface area contributed by atoms with Crippen LogP contribution in [-0.4, -0.2) is 4.98 Å². The van der Waals surface area contributed by atoms with E-state index < -0.39 is 25.5 Å². The highest BCUT2D eigenvalue weighted by molar-refractivity contribution is 6.15. The van der Waals surface area contributed by atoms with E-state index in [4.69, 9.17) is 16.8 Å². The number of fused-ring (bicyclic) bond motifs is 3. The summed E-state index contributed by atoms with van der Waals surface area (Å²) in [7, 11) is 0. The van der Waals surface area contributed by atoms with Crippen LogP contribution in [-0.2, 0) is 6.37 Å². The van der Waals surface area contributed by atoms with E-state index in [1.54, 1.807) is 32.9 Å². The van der Waals surface area contributed by atoms with Crippen LogP contribution in [0.1, 0.15) is 55.4 Å². The van der Waals surface area contributed by atoms with E-state index in [0.717, 1.165) is 17.3 Å². The fraction of sp³-hybridized carbons (Fsp3) is 0.189. The van der Waals surface area contributed by atoms with Gasteiger partial charge in [-0.2, -0.15) is 5.26 Å². The number of hydrogen-bond acceptors (Lipinski definition) is 3. The van der Waals surface area contributed by atoms with Crippen molar-refractivity contribution in [2.75, 3.05) is 0 Å². The summed E-state index contributed by atoms with van der Waals surface area (Å²) in [5, 5.41) is 11.3. The second kappa shape index (κ2) is 9.81. The maximum atomic E-state index is 10.1. The van der Waals surface area contributed by atoms with Crippen molar-refractivity contribution in [2.45, 2.75) is 40.8 Å². The first-order valence-electron chi connectivity index (χ1n) is 17.4. The molecule has 0 aliphatic carbocycles. The summed E-state index contributed by atoms with van der Waals surface area (Å²) in [6.07, 6.45) is -0.851. The molecule has 0 fully saturated rings. The summed E-state index contributed by atoms with van der Waals surface area (Å²) in [6.45, 7) is -0.511. The van der Waals surface area contributed by atoms with Crippen molar-refractivity contribution in [3.05, 3.63) is 113 Å². The van der Waals surface area contributed by atoms with E-state index in [1.165, 1.54) is 18.2 Å². The summed E-state index contributed by atoms with van der Waals surface area (Å²) < 4.78 is 83.2. The normalized spacial score (nSPS) is 16.0. The van der Waals surface area contributed by atoms with Crippen LogP contribution < -0.4 is 0 Å². The molecule has 0 aliphatic rings. The molecular formula is C37H32N2O. The molecule has 3 heteroatoms. The number of nitrogens with zero attached hydrogens (tertiary/aromatic N) is 2. The molecule has 6 rings (SSSR count). The van der Waals surface area contributed by atoms with Crippen LogP contribution in [0.5, 0.6) is 0 Å². The molecule has 196 valence electrons. The predicted octanol–water partition coefficient (Wildman–Crippen LogP) is 10.1. The van der Waals surface area contributed by atoms with Crippen LogP contribution in [0, 0.1) is 30.4 Å². The van der Waals surface area contributed by atoms with Gasteiger partial charge in [0.25, 0.3) is 0 Å². The van der Waals surface area contributed by atoms with Gasteiger partial charge in [-0.3, -0.25) is 4.98 Å². The van der Waals surface area contributed by atoms with E-state index in [9.17, 15) is 5.26 Å². The number of aromatic nitrogens is 1. The summed E-state index contributed by atoms with van der Waals surface area (Å²) in [6, 6.07) is 24.4. The minimum absolute atomic E-state index is 0.00915. The Bertz CT molecular complexity index is 2290. The quantitative estimate of drug-likeness (QED) is 0.228. The van der Waals surface area contributed by atoms with Gasteiger partial charge < -0.3 is 4.42 Å². The molecule has 0 radical (unpaired) electrons. The van der Waals surface area contributed by atoms with Gasteiger partial charge in [-0.05, 0) is 77.1 Å². The van der Waals surface area contributed by atoms with Crippen molar-refractivity contribution in [1.82, 2.24) is 4.98 Å². The molecule has 0 unspecified atom stereocenters. The first-order chi connectivity index (χ1) is 22.8. The van der Waals surface area contributed by atoms with Gasteiger partial charge in [-0.15, -0.1) is 0 Å². The maximum absolute atomic E-state index is 10.1. The molecule has 0 amide bonds. The standard InChI is InChI=1S/C37H32N2O/c1-23-18-25(20-37(3,4)5)14-16-28(23)32-19-33(39-22-24(32)2)30-17-15-27(21-38)34-31-13-9-12-29(35(31)40-36(30)34)26-10-7-6-8-11-26/h6-19,22H,20H2,1-5H3/i1D3,2D3,16D,20D2. The van der Waals surface area contributed by atoms with Crippen LogP contribution in [0.15, 0.2) is 95.5 Å². The zero-order valence-corrected chi connectivity index (χ0v) is 22.4. The average Bonchev–Trinajstić information content (AvgIpc) is 3.43. The highest BCUT2D eigenvalue weighted by atomic mass is 16.3. The lowest BCUT2D eigenvalue weighted by molar-refractivity contribution is 0.411. The molecule has 0 saturated carbocycles. The van der Waals surface area contributed by atoms with E-state index in [0.29, 0.717) is 33.1 Å². The molecule has 6 aromatic rings. The van der Waals surface area contributed by atoms with Crippen LogP contribution in [0.3, 0.4) is 0 Å². The molecular weight excluding hydrogens is 488 g/mol. The van der Waals surface area contributed by atoms with Gasteiger partial charge in [-0.1, -0.05) is 87.5 Å². The van der Waals surface area contributed by atoms with Crippen molar-refractivity contribution in [2.24, 2.45) is 5.41 Å². The largest absolute Gasteiger partial charge is 0.455 e. The molecule has 0 aliphatic heterocycles. The third-order valence-electron chi connectivity index (χ3n) is 6.76. The number of hydrogen-bond donors (Lipinski definition) is 0. The second-order valence-corrected chi connectivity index (χ2v) is 10.8. The van der Waals surface area contributed by atoms with Gasteiger partial charge in [-0.25, -0.2) is 0 Å². The molecule has 2 heterocycles. The van der Waals surface area contributed by atoms with Gasteiger partial charge in [0, 0.05) is 39.1 Å². The van der Waals surface area contributed by atoms with Gasteiger partial charge in [0.05, 0.1) is 18.7 Å². The zero-order chi connectivity index (χ0) is 35.7. The van der Waals surface area contributed by atoms with Crippen LogP contribution in [0.25, 0.3) is 55.4 Å². The second-order valence-electron chi connectivity index (χ2n) is 10.8. The highest BCUT2D eigenvalue weighted by Crippen LogP contribution is 2.42. The number of pyridine rings is 1. The van der Waals surface area contributed by atoms with Crippen molar-refractivity contribution in [3.8, 4) is 39.6 Å². The fourth-order valence-electron chi connectivity index (χ4n) is 5.08. The summed E-state index contributed by atoms with van der Waals surface area (Å²) >= 11 is 0. The smallest absolute Gasteiger partial charge is 0.146 e. The topological polar surface area (TPSA) is 49.8 Å². The Hall–Kier alpha value is -4.68. The third-order valence-corrected chi connectivity index (χ3v) is 6.76. The van der Waals surface area contributed by atoms with E-state index >= 15 is 0 Å². The Kier molecular flexibility index (Phi) is 4.19.